The van der Waals surface area contributed by atoms with E-state index in [0.717, 1.165) is 19.1 Å². The van der Waals surface area contributed by atoms with Gasteiger partial charge in [-0.1, -0.05) is 28.1 Å². The van der Waals surface area contributed by atoms with Crippen LogP contribution in [0, 0.1) is 6.92 Å². The minimum Gasteiger partial charge on any atom is -0.329 e. The summed E-state index contributed by atoms with van der Waals surface area (Å²) in [4.78, 5) is 4.89. The van der Waals surface area contributed by atoms with Gasteiger partial charge in [-0.2, -0.15) is 0 Å². The van der Waals surface area contributed by atoms with Crippen LogP contribution in [0.5, 0.6) is 0 Å². The van der Waals surface area contributed by atoms with Crippen LogP contribution in [0.3, 0.4) is 0 Å². The molecule has 3 nitrogen and oxygen atoms in total. The van der Waals surface area contributed by atoms with Crippen LogP contribution < -0.4 is 5.73 Å². The molecule has 20 heavy (non-hydrogen) atoms. The first-order valence-electron chi connectivity index (χ1n) is 7.39. The number of likely N-dealkylation sites (tertiary alicyclic amines) is 1. The molecule has 2 N–H and O–H groups in total. The van der Waals surface area contributed by atoms with E-state index in [9.17, 15) is 0 Å². The Morgan fingerprint density at radius 2 is 2.00 bits per heavy atom. The van der Waals surface area contributed by atoms with Crippen LogP contribution in [0.1, 0.15) is 30.0 Å². The Hall–Kier alpha value is -0.420. The number of nitrogens with two attached hydrogens (primary N) is 1. The highest BCUT2D eigenvalue weighted by Crippen LogP contribution is 2.27. The summed E-state index contributed by atoms with van der Waals surface area (Å²) < 4.78 is 1.17. The zero-order valence-electron chi connectivity index (χ0n) is 12.8. The Morgan fingerprint density at radius 3 is 2.50 bits per heavy atom. The largest absolute Gasteiger partial charge is 0.329 e. The molecule has 1 fully saturated rings. The van der Waals surface area contributed by atoms with Crippen molar-refractivity contribution in [1.82, 2.24) is 9.80 Å². The first-order valence-corrected chi connectivity index (χ1v) is 8.18. The highest BCUT2D eigenvalue weighted by molar-refractivity contribution is 9.10. The first-order chi connectivity index (χ1) is 9.52. The number of aryl methyl sites for hydroxylation is 1. The van der Waals surface area contributed by atoms with E-state index in [1.54, 1.807) is 0 Å². The molecule has 1 aromatic rings. The molecule has 1 unspecified atom stereocenters. The average Bonchev–Trinajstić information content (AvgIpc) is 2.44. The van der Waals surface area contributed by atoms with Crippen LogP contribution in [-0.4, -0.2) is 49.6 Å². The van der Waals surface area contributed by atoms with Crippen molar-refractivity contribution in [2.45, 2.75) is 31.8 Å². The van der Waals surface area contributed by atoms with Gasteiger partial charge in [-0.25, -0.2) is 0 Å². The minimum absolute atomic E-state index is 0.352. The van der Waals surface area contributed by atoms with Crippen molar-refractivity contribution in [1.29, 1.82) is 0 Å². The van der Waals surface area contributed by atoms with Gasteiger partial charge in [-0.3, -0.25) is 4.90 Å². The van der Waals surface area contributed by atoms with E-state index in [2.05, 4.69) is 64.9 Å². The van der Waals surface area contributed by atoms with Crippen LogP contribution in [-0.2, 0) is 0 Å². The summed E-state index contributed by atoms with van der Waals surface area (Å²) in [6.45, 7) is 5.10. The second-order valence-corrected chi connectivity index (χ2v) is 6.85. The van der Waals surface area contributed by atoms with Crippen LogP contribution in [0.2, 0.25) is 0 Å². The van der Waals surface area contributed by atoms with Gasteiger partial charge in [0.25, 0.3) is 0 Å². The number of nitrogens with zero attached hydrogens (tertiary/aromatic N) is 2. The third kappa shape index (κ3) is 3.61. The lowest BCUT2D eigenvalue weighted by Crippen LogP contribution is -2.45. The van der Waals surface area contributed by atoms with E-state index in [1.165, 1.54) is 28.4 Å². The molecule has 0 saturated carbocycles. The molecule has 1 saturated heterocycles. The maximum Gasteiger partial charge on any atom is 0.0470 e. The monoisotopic (exact) mass is 339 g/mol. The molecule has 112 valence electrons. The van der Waals surface area contributed by atoms with Gasteiger partial charge in [-0.15, -0.1) is 0 Å². The Bertz CT molecular complexity index is 439. The SMILES string of the molecule is Cc1cc(C(CN)N2CCC(N(C)C)CC2)ccc1Br. The molecule has 2 rings (SSSR count). The van der Waals surface area contributed by atoms with Gasteiger partial charge < -0.3 is 10.6 Å². The van der Waals surface area contributed by atoms with Crippen molar-refractivity contribution in [3.63, 3.8) is 0 Å². The number of halogens is 1. The van der Waals surface area contributed by atoms with E-state index < -0.39 is 0 Å². The van der Waals surface area contributed by atoms with Gasteiger partial charge in [0, 0.05) is 36.2 Å². The van der Waals surface area contributed by atoms with E-state index in [4.69, 9.17) is 5.73 Å². The second-order valence-electron chi connectivity index (χ2n) is 5.99. The van der Waals surface area contributed by atoms with Gasteiger partial charge in [0.05, 0.1) is 0 Å². The number of benzene rings is 1. The first kappa shape index (κ1) is 16.0. The summed E-state index contributed by atoms with van der Waals surface area (Å²) in [5.74, 6) is 0. The smallest absolute Gasteiger partial charge is 0.0470 e. The molecule has 1 aliphatic rings. The van der Waals surface area contributed by atoms with Crippen LogP contribution in [0.15, 0.2) is 22.7 Å². The van der Waals surface area contributed by atoms with Crippen molar-refractivity contribution in [3.05, 3.63) is 33.8 Å². The summed E-state index contributed by atoms with van der Waals surface area (Å²) in [5, 5.41) is 0. The average molecular weight is 340 g/mol. The molecule has 1 heterocycles. The van der Waals surface area contributed by atoms with Gasteiger partial charge in [0.1, 0.15) is 0 Å². The zero-order valence-corrected chi connectivity index (χ0v) is 14.4. The molecule has 1 atom stereocenters. The maximum absolute atomic E-state index is 6.05. The van der Waals surface area contributed by atoms with Gasteiger partial charge in [-0.05, 0) is 51.1 Å². The lowest BCUT2D eigenvalue weighted by molar-refractivity contribution is 0.111. The second kappa shape index (κ2) is 7.03. The number of piperidine rings is 1. The highest BCUT2D eigenvalue weighted by Gasteiger charge is 2.26. The number of hydrogen-bond donors (Lipinski definition) is 1. The topological polar surface area (TPSA) is 32.5 Å². The quantitative estimate of drug-likeness (QED) is 0.915. The number of rotatable bonds is 4. The van der Waals surface area contributed by atoms with Crippen molar-refractivity contribution in [2.75, 3.05) is 33.7 Å². The van der Waals surface area contributed by atoms with Gasteiger partial charge in [0.15, 0.2) is 0 Å². The fourth-order valence-electron chi connectivity index (χ4n) is 3.09. The Balaban J connectivity index is 2.07. The van der Waals surface area contributed by atoms with Crippen molar-refractivity contribution in [2.24, 2.45) is 5.73 Å². The van der Waals surface area contributed by atoms with E-state index in [1.807, 2.05) is 0 Å². The van der Waals surface area contributed by atoms with Crippen LogP contribution in [0.4, 0.5) is 0 Å². The Morgan fingerprint density at radius 1 is 1.35 bits per heavy atom. The van der Waals surface area contributed by atoms with Crippen molar-refractivity contribution in [3.8, 4) is 0 Å². The van der Waals surface area contributed by atoms with Crippen molar-refractivity contribution < 1.29 is 0 Å². The fraction of sp³-hybridized carbons (Fsp3) is 0.625. The predicted molar refractivity (Wildman–Crippen MR) is 89.0 cm³/mol. The molecule has 0 aliphatic carbocycles. The van der Waals surface area contributed by atoms with E-state index in [-0.39, 0.29) is 0 Å². The standard InChI is InChI=1S/C16H26BrN3/c1-12-10-13(4-5-15(12)17)16(11-18)20-8-6-14(7-9-20)19(2)3/h4-5,10,14,16H,6-9,11,18H2,1-3H3. The fourth-order valence-corrected chi connectivity index (χ4v) is 3.33. The van der Waals surface area contributed by atoms with Crippen LogP contribution >= 0.6 is 15.9 Å². The Labute approximate surface area is 131 Å². The highest BCUT2D eigenvalue weighted by atomic mass is 79.9. The third-order valence-electron chi connectivity index (χ3n) is 4.46. The molecule has 1 aliphatic heterocycles. The molecular formula is C16H26BrN3. The van der Waals surface area contributed by atoms with Gasteiger partial charge in [0.2, 0.25) is 0 Å². The number of hydrogen-bond acceptors (Lipinski definition) is 3. The molecule has 0 radical (unpaired) electrons. The zero-order chi connectivity index (χ0) is 14.7. The molecule has 0 aromatic heterocycles. The molecule has 1 aromatic carbocycles. The lowest BCUT2D eigenvalue weighted by atomic mass is 9.98. The summed E-state index contributed by atoms with van der Waals surface area (Å²) in [6, 6.07) is 7.67. The van der Waals surface area contributed by atoms with E-state index >= 15 is 0 Å². The molecule has 4 heteroatoms. The molecular weight excluding hydrogens is 314 g/mol. The summed E-state index contributed by atoms with van der Waals surface area (Å²) >= 11 is 3.57. The molecule has 0 amide bonds. The maximum atomic E-state index is 6.05. The lowest BCUT2D eigenvalue weighted by Gasteiger charge is -2.39. The van der Waals surface area contributed by atoms with Crippen molar-refractivity contribution >= 4 is 15.9 Å². The summed E-state index contributed by atoms with van der Waals surface area (Å²) in [5.41, 5.74) is 8.68. The summed E-state index contributed by atoms with van der Waals surface area (Å²) in [6.07, 6.45) is 2.47. The summed E-state index contributed by atoms with van der Waals surface area (Å²) in [7, 11) is 4.36. The normalized spacial score (nSPS) is 19.5. The third-order valence-corrected chi connectivity index (χ3v) is 5.35. The van der Waals surface area contributed by atoms with Crippen LogP contribution in [0.25, 0.3) is 0 Å². The van der Waals surface area contributed by atoms with E-state index in [0.29, 0.717) is 12.6 Å². The van der Waals surface area contributed by atoms with Gasteiger partial charge >= 0.3 is 0 Å². The predicted octanol–water partition coefficient (Wildman–Crippen LogP) is 2.78. The molecule has 0 bridgehead atoms. The minimum atomic E-state index is 0.352. The molecule has 0 spiro atoms. The Kier molecular flexibility index (Phi) is 5.61.